The highest BCUT2D eigenvalue weighted by Gasteiger charge is 2.13. The number of anilines is 1. The Kier molecular flexibility index (Phi) is 6.36. The summed E-state index contributed by atoms with van der Waals surface area (Å²) in [6.45, 7) is 6.38. The molecule has 146 valence electrons. The number of rotatable bonds is 7. The molecule has 0 aliphatic heterocycles. The Hall–Kier alpha value is -2.80. The second kappa shape index (κ2) is 8.93. The predicted octanol–water partition coefficient (Wildman–Crippen LogP) is 4.05. The minimum atomic E-state index is -0.0785. The molecule has 7 heteroatoms. The van der Waals surface area contributed by atoms with Crippen LogP contribution in [-0.4, -0.2) is 26.4 Å². The number of nitrogens with zero attached hydrogens (tertiary/aromatic N) is 3. The van der Waals surface area contributed by atoms with Gasteiger partial charge < -0.3 is 14.6 Å². The summed E-state index contributed by atoms with van der Waals surface area (Å²) in [5.41, 5.74) is 4.12. The lowest BCUT2D eigenvalue weighted by Crippen LogP contribution is -2.14. The number of ether oxygens (including phenoxy) is 1. The number of benzene rings is 2. The largest absolute Gasteiger partial charge is 0.485 e. The van der Waals surface area contributed by atoms with E-state index in [1.54, 1.807) is 0 Å². The van der Waals surface area contributed by atoms with E-state index in [0.29, 0.717) is 17.6 Å². The first-order valence-corrected chi connectivity index (χ1v) is 9.99. The standard InChI is InChI=1S/C21H24N4O2S/c1-14-8-10-17(11-9-14)22-19(26)13-28-21-24-23-18(25(21)4)12-27-20-15(2)6-5-7-16(20)3/h5-11H,12-13H2,1-4H3,(H,22,26). The molecule has 1 amide bonds. The fourth-order valence-corrected chi connectivity index (χ4v) is 3.45. The van der Waals surface area contributed by atoms with Crippen molar-refractivity contribution in [3.8, 4) is 5.75 Å². The molecule has 0 spiro atoms. The van der Waals surface area contributed by atoms with E-state index in [9.17, 15) is 4.79 Å². The van der Waals surface area contributed by atoms with E-state index in [0.717, 1.165) is 28.1 Å². The summed E-state index contributed by atoms with van der Waals surface area (Å²) in [7, 11) is 1.88. The molecule has 0 saturated heterocycles. The molecule has 0 bridgehead atoms. The van der Waals surface area contributed by atoms with Gasteiger partial charge in [-0.2, -0.15) is 0 Å². The summed E-state index contributed by atoms with van der Waals surface area (Å²) in [5.74, 6) is 1.77. The molecule has 0 aliphatic carbocycles. The summed E-state index contributed by atoms with van der Waals surface area (Å²) >= 11 is 1.35. The zero-order valence-corrected chi connectivity index (χ0v) is 17.3. The van der Waals surface area contributed by atoms with E-state index in [1.807, 2.05) is 74.9 Å². The Morgan fingerprint density at radius 1 is 1.07 bits per heavy atom. The van der Waals surface area contributed by atoms with Gasteiger partial charge >= 0.3 is 0 Å². The van der Waals surface area contributed by atoms with Crippen LogP contribution < -0.4 is 10.1 Å². The van der Waals surface area contributed by atoms with E-state index >= 15 is 0 Å². The molecule has 3 rings (SSSR count). The first kappa shape index (κ1) is 19.9. The van der Waals surface area contributed by atoms with Crippen molar-refractivity contribution in [3.63, 3.8) is 0 Å². The van der Waals surface area contributed by atoms with E-state index < -0.39 is 0 Å². The molecular formula is C21H24N4O2S. The Morgan fingerprint density at radius 3 is 2.43 bits per heavy atom. The number of carbonyl (C=O) groups is 1. The number of nitrogens with one attached hydrogen (secondary N) is 1. The van der Waals surface area contributed by atoms with Gasteiger partial charge in [0.1, 0.15) is 12.4 Å². The average molecular weight is 397 g/mol. The minimum absolute atomic E-state index is 0.0785. The molecule has 0 atom stereocenters. The lowest BCUT2D eigenvalue weighted by atomic mass is 10.1. The van der Waals surface area contributed by atoms with Crippen LogP contribution in [0.15, 0.2) is 47.6 Å². The van der Waals surface area contributed by atoms with Crippen LogP contribution in [-0.2, 0) is 18.4 Å². The van der Waals surface area contributed by atoms with Crippen molar-refractivity contribution in [1.82, 2.24) is 14.8 Å². The van der Waals surface area contributed by atoms with E-state index in [-0.39, 0.29) is 11.7 Å². The maximum atomic E-state index is 12.2. The van der Waals surface area contributed by atoms with Gasteiger partial charge in [0.15, 0.2) is 11.0 Å². The number of hydrogen-bond donors (Lipinski definition) is 1. The summed E-state index contributed by atoms with van der Waals surface area (Å²) in [5, 5.41) is 11.9. The molecule has 0 saturated carbocycles. The second-order valence-electron chi connectivity index (χ2n) is 6.67. The lowest BCUT2D eigenvalue weighted by Gasteiger charge is -2.11. The maximum absolute atomic E-state index is 12.2. The summed E-state index contributed by atoms with van der Waals surface area (Å²) < 4.78 is 7.81. The number of hydrogen-bond acceptors (Lipinski definition) is 5. The van der Waals surface area contributed by atoms with Crippen LogP contribution in [0, 0.1) is 20.8 Å². The molecule has 0 fully saturated rings. The van der Waals surface area contributed by atoms with Crippen LogP contribution in [0.2, 0.25) is 0 Å². The molecule has 3 aromatic rings. The van der Waals surface area contributed by atoms with E-state index in [2.05, 4.69) is 15.5 Å². The van der Waals surface area contributed by atoms with Crippen LogP contribution in [0.4, 0.5) is 5.69 Å². The van der Waals surface area contributed by atoms with Crippen molar-refractivity contribution in [2.45, 2.75) is 32.5 Å². The third kappa shape index (κ3) is 4.92. The third-order valence-electron chi connectivity index (χ3n) is 4.35. The Labute approximate surface area is 169 Å². The highest BCUT2D eigenvalue weighted by molar-refractivity contribution is 7.99. The van der Waals surface area contributed by atoms with E-state index in [4.69, 9.17) is 4.74 Å². The molecule has 28 heavy (non-hydrogen) atoms. The van der Waals surface area contributed by atoms with Crippen LogP contribution >= 0.6 is 11.8 Å². The first-order valence-electron chi connectivity index (χ1n) is 9.00. The van der Waals surface area contributed by atoms with Crippen LogP contribution in [0.3, 0.4) is 0 Å². The number of aryl methyl sites for hydroxylation is 3. The van der Waals surface area contributed by atoms with E-state index in [1.165, 1.54) is 11.8 Å². The number of amides is 1. The predicted molar refractivity (Wildman–Crippen MR) is 112 cm³/mol. The molecule has 1 aromatic heterocycles. The smallest absolute Gasteiger partial charge is 0.234 e. The quantitative estimate of drug-likeness (QED) is 0.610. The maximum Gasteiger partial charge on any atom is 0.234 e. The number of para-hydroxylation sites is 1. The van der Waals surface area contributed by atoms with Gasteiger partial charge in [0.2, 0.25) is 5.91 Å². The van der Waals surface area contributed by atoms with Crippen molar-refractivity contribution in [3.05, 3.63) is 65.0 Å². The van der Waals surface area contributed by atoms with Gasteiger partial charge in [0, 0.05) is 12.7 Å². The summed E-state index contributed by atoms with van der Waals surface area (Å²) in [6.07, 6.45) is 0. The van der Waals surface area contributed by atoms with Crippen LogP contribution in [0.5, 0.6) is 5.75 Å². The van der Waals surface area contributed by atoms with Gasteiger partial charge in [-0.15, -0.1) is 10.2 Å². The zero-order chi connectivity index (χ0) is 20.1. The highest BCUT2D eigenvalue weighted by atomic mass is 32.2. The van der Waals surface area contributed by atoms with Gasteiger partial charge in [-0.25, -0.2) is 0 Å². The Morgan fingerprint density at radius 2 is 1.75 bits per heavy atom. The molecule has 1 N–H and O–H groups in total. The van der Waals surface area contributed by atoms with Gasteiger partial charge in [-0.05, 0) is 44.0 Å². The Balaban J connectivity index is 1.55. The lowest BCUT2D eigenvalue weighted by molar-refractivity contribution is -0.113. The normalized spacial score (nSPS) is 10.7. The minimum Gasteiger partial charge on any atom is -0.485 e. The third-order valence-corrected chi connectivity index (χ3v) is 5.37. The van der Waals surface area contributed by atoms with Crippen molar-refractivity contribution in [2.24, 2.45) is 7.05 Å². The average Bonchev–Trinajstić information content (AvgIpc) is 3.01. The molecule has 2 aromatic carbocycles. The Bertz CT molecular complexity index is 947. The zero-order valence-electron chi connectivity index (χ0n) is 16.5. The topological polar surface area (TPSA) is 69.0 Å². The number of thioether (sulfide) groups is 1. The number of aromatic nitrogens is 3. The van der Waals surface area contributed by atoms with Crippen molar-refractivity contribution in [2.75, 3.05) is 11.1 Å². The fraction of sp³-hybridized carbons (Fsp3) is 0.286. The second-order valence-corrected chi connectivity index (χ2v) is 7.61. The first-order chi connectivity index (χ1) is 13.4. The van der Waals surface area contributed by atoms with Crippen molar-refractivity contribution >= 4 is 23.4 Å². The molecule has 0 radical (unpaired) electrons. The molecule has 6 nitrogen and oxygen atoms in total. The molecule has 0 unspecified atom stereocenters. The molecular weight excluding hydrogens is 372 g/mol. The van der Waals surface area contributed by atoms with Gasteiger partial charge in [-0.1, -0.05) is 47.7 Å². The monoisotopic (exact) mass is 396 g/mol. The summed E-state index contributed by atoms with van der Waals surface area (Å²) in [4.78, 5) is 12.2. The highest BCUT2D eigenvalue weighted by Crippen LogP contribution is 2.24. The van der Waals surface area contributed by atoms with Crippen molar-refractivity contribution in [1.29, 1.82) is 0 Å². The number of carbonyl (C=O) groups excluding carboxylic acids is 1. The SMILES string of the molecule is Cc1ccc(NC(=O)CSc2nnc(COc3c(C)cccc3C)n2C)cc1. The van der Waals surface area contributed by atoms with Gasteiger partial charge in [0.25, 0.3) is 0 Å². The van der Waals surface area contributed by atoms with Gasteiger partial charge in [0.05, 0.1) is 5.75 Å². The van der Waals surface area contributed by atoms with Crippen LogP contribution in [0.1, 0.15) is 22.5 Å². The summed E-state index contributed by atoms with van der Waals surface area (Å²) in [6, 6.07) is 13.8. The van der Waals surface area contributed by atoms with Crippen LogP contribution in [0.25, 0.3) is 0 Å². The van der Waals surface area contributed by atoms with Gasteiger partial charge in [-0.3, -0.25) is 4.79 Å². The molecule has 1 heterocycles. The fourth-order valence-electron chi connectivity index (χ4n) is 2.72. The van der Waals surface area contributed by atoms with Crippen molar-refractivity contribution < 1.29 is 9.53 Å². The molecule has 0 aliphatic rings.